The van der Waals surface area contributed by atoms with Gasteiger partial charge in [0.15, 0.2) is 5.96 Å². The maximum absolute atomic E-state index is 5.83. The van der Waals surface area contributed by atoms with Crippen LogP contribution in [0.3, 0.4) is 0 Å². The van der Waals surface area contributed by atoms with Crippen LogP contribution in [0, 0.1) is 6.92 Å². The molecule has 0 aliphatic carbocycles. The summed E-state index contributed by atoms with van der Waals surface area (Å²) in [5, 5.41) is 11.6. The number of aliphatic imine (C=N–C) groups is 1. The monoisotopic (exact) mass is 258 g/mol. The molecule has 0 atom stereocenters. The standard InChI is InChI=1S/C13H18N6/c1-3-19-17-10(2)12(18-19)9-15-13(14)16-11-7-5-4-6-8-11/h4-8H,3,9H2,1-2H3,(H3,14,15,16). The van der Waals surface area contributed by atoms with E-state index >= 15 is 0 Å². The van der Waals surface area contributed by atoms with Crippen molar-refractivity contribution in [3.8, 4) is 0 Å². The molecule has 0 aliphatic rings. The Balaban J connectivity index is 1.99. The first kappa shape index (κ1) is 13.1. The topological polar surface area (TPSA) is 81.1 Å². The SMILES string of the molecule is CCn1nc(C)c(CN=C(N)Nc2ccccc2)n1. The second-order valence-corrected chi connectivity index (χ2v) is 4.11. The Kier molecular flexibility index (Phi) is 4.12. The van der Waals surface area contributed by atoms with Crippen molar-refractivity contribution in [3.63, 3.8) is 0 Å². The zero-order chi connectivity index (χ0) is 13.7. The van der Waals surface area contributed by atoms with Gasteiger partial charge in [-0.1, -0.05) is 18.2 Å². The number of benzene rings is 1. The number of hydrogen-bond acceptors (Lipinski definition) is 3. The molecule has 0 saturated carbocycles. The number of nitrogens with one attached hydrogen (secondary N) is 1. The van der Waals surface area contributed by atoms with Crippen LogP contribution < -0.4 is 11.1 Å². The van der Waals surface area contributed by atoms with E-state index in [2.05, 4.69) is 20.5 Å². The third-order valence-electron chi connectivity index (χ3n) is 2.65. The van der Waals surface area contributed by atoms with E-state index < -0.39 is 0 Å². The Morgan fingerprint density at radius 3 is 2.68 bits per heavy atom. The summed E-state index contributed by atoms with van der Waals surface area (Å²) in [6.07, 6.45) is 0. The summed E-state index contributed by atoms with van der Waals surface area (Å²) in [6, 6.07) is 9.69. The van der Waals surface area contributed by atoms with E-state index in [9.17, 15) is 0 Å². The molecule has 1 aromatic heterocycles. The lowest BCUT2D eigenvalue weighted by atomic mass is 10.3. The normalized spacial score (nSPS) is 11.6. The number of nitrogens with zero attached hydrogens (tertiary/aromatic N) is 4. The van der Waals surface area contributed by atoms with Gasteiger partial charge in [0.2, 0.25) is 0 Å². The van der Waals surface area contributed by atoms with Crippen LogP contribution in [-0.2, 0) is 13.1 Å². The second kappa shape index (κ2) is 5.99. The molecule has 19 heavy (non-hydrogen) atoms. The summed E-state index contributed by atoms with van der Waals surface area (Å²) < 4.78 is 0. The van der Waals surface area contributed by atoms with Gasteiger partial charge in [-0.05, 0) is 26.0 Å². The summed E-state index contributed by atoms with van der Waals surface area (Å²) in [6.45, 7) is 5.10. The van der Waals surface area contributed by atoms with Crippen molar-refractivity contribution in [2.45, 2.75) is 26.9 Å². The zero-order valence-corrected chi connectivity index (χ0v) is 11.2. The predicted molar refractivity (Wildman–Crippen MR) is 75.8 cm³/mol. The lowest BCUT2D eigenvalue weighted by molar-refractivity contribution is 0.561. The molecular formula is C13H18N6. The molecule has 2 rings (SSSR count). The molecule has 1 heterocycles. The van der Waals surface area contributed by atoms with Gasteiger partial charge in [-0.25, -0.2) is 4.99 Å². The van der Waals surface area contributed by atoms with Crippen molar-refractivity contribution >= 4 is 11.6 Å². The Morgan fingerprint density at radius 2 is 2.05 bits per heavy atom. The van der Waals surface area contributed by atoms with Gasteiger partial charge >= 0.3 is 0 Å². The molecule has 100 valence electrons. The number of rotatable bonds is 4. The summed E-state index contributed by atoms with van der Waals surface area (Å²) in [4.78, 5) is 5.92. The van der Waals surface area contributed by atoms with Crippen LogP contribution in [-0.4, -0.2) is 21.0 Å². The van der Waals surface area contributed by atoms with E-state index in [0.29, 0.717) is 12.5 Å². The molecule has 0 bridgehead atoms. The summed E-state index contributed by atoms with van der Waals surface area (Å²) in [5.74, 6) is 0.372. The molecular weight excluding hydrogens is 240 g/mol. The van der Waals surface area contributed by atoms with Crippen LogP contribution in [0.5, 0.6) is 0 Å². The van der Waals surface area contributed by atoms with Crippen molar-refractivity contribution in [2.75, 3.05) is 5.32 Å². The molecule has 0 unspecified atom stereocenters. The van der Waals surface area contributed by atoms with Gasteiger partial charge in [0.25, 0.3) is 0 Å². The average molecular weight is 258 g/mol. The Hall–Kier alpha value is -2.37. The quantitative estimate of drug-likeness (QED) is 0.643. The molecule has 2 aromatic rings. The molecule has 6 heteroatoms. The minimum absolute atomic E-state index is 0.372. The highest BCUT2D eigenvalue weighted by atomic mass is 15.5. The lowest BCUT2D eigenvalue weighted by Gasteiger charge is -2.04. The van der Waals surface area contributed by atoms with Gasteiger partial charge < -0.3 is 11.1 Å². The number of guanidine groups is 1. The first-order valence-electron chi connectivity index (χ1n) is 6.21. The molecule has 0 spiro atoms. The van der Waals surface area contributed by atoms with E-state index in [0.717, 1.165) is 23.6 Å². The van der Waals surface area contributed by atoms with Gasteiger partial charge in [-0.15, -0.1) is 0 Å². The summed E-state index contributed by atoms with van der Waals surface area (Å²) >= 11 is 0. The first-order valence-corrected chi connectivity index (χ1v) is 6.21. The average Bonchev–Trinajstić information content (AvgIpc) is 2.78. The fourth-order valence-corrected chi connectivity index (χ4v) is 1.62. The van der Waals surface area contributed by atoms with Crippen molar-refractivity contribution < 1.29 is 0 Å². The van der Waals surface area contributed by atoms with Crippen molar-refractivity contribution in [1.29, 1.82) is 0 Å². The largest absolute Gasteiger partial charge is 0.370 e. The highest BCUT2D eigenvalue weighted by molar-refractivity contribution is 5.92. The van der Waals surface area contributed by atoms with Gasteiger partial charge in [0, 0.05) is 5.69 Å². The van der Waals surface area contributed by atoms with Gasteiger partial charge in [0.1, 0.15) is 5.69 Å². The number of anilines is 1. The van der Waals surface area contributed by atoms with Gasteiger partial charge in [0.05, 0.1) is 18.8 Å². The smallest absolute Gasteiger partial charge is 0.193 e. The van der Waals surface area contributed by atoms with Crippen molar-refractivity contribution in [1.82, 2.24) is 15.0 Å². The lowest BCUT2D eigenvalue weighted by Crippen LogP contribution is -2.22. The molecule has 6 nitrogen and oxygen atoms in total. The third-order valence-corrected chi connectivity index (χ3v) is 2.65. The summed E-state index contributed by atoms with van der Waals surface area (Å²) in [7, 11) is 0. The number of para-hydroxylation sites is 1. The minimum atomic E-state index is 0.372. The van der Waals surface area contributed by atoms with E-state index in [1.54, 1.807) is 4.80 Å². The minimum Gasteiger partial charge on any atom is -0.370 e. The fourth-order valence-electron chi connectivity index (χ4n) is 1.62. The highest BCUT2D eigenvalue weighted by Crippen LogP contribution is 2.05. The Labute approximate surface area is 112 Å². The van der Waals surface area contributed by atoms with Crippen LogP contribution in [0.2, 0.25) is 0 Å². The molecule has 0 fully saturated rings. The van der Waals surface area contributed by atoms with E-state index in [-0.39, 0.29) is 0 Å². The molecule has 1 aromatic carbocycles. The zero-order valence-electron chi connectivity index (χ0n) is 11.2. The van der Waals surface area contributed by atoms with Crippen LogP contribution in [0.4, 0.5) is 5.69 Å². The number of nitrogens with two attached hydrogens (primary N) is 1. The number of hydrogen-bond donors (Lipinski definition) is 2. The third kappa shape index (κ3) is 3.54. The maximum atomic E-state index is 5.83. The van der Waals surface area contributed by atoms with E-state index in [1.807, 2.05) is 44.2 Å². The molecule has 0 amide bonds. The Bertz CT molecular complexity index is 558. The first-order chi connectivity index (χ1) is 9.19. The van der Waals surface area contributed by atoms with Crippen LogP contribution in [0.15, 0.2) is 35.3 Å². The van der Waals surface area contributed by atoms with Gasteiger partial charge in [-0.3, -0.25) is 0 Å². The van der Waals surface area contributed by atoms with Gasteiger partial charge in [-0.2, -0.15) is 15.0 Å². The highest BCUT2D eigenvalue weighted by Gasteiger charge is 2.05. The molecule has 3 N–H and O–H groups in total. The Morgan fingerprint density at radius 1 is 1.32 bits per heavy atom. The molecule has 0 saturated heterocycles. The summed E-state index contributed by atoms with van der Waals surface area (Å²) in [5.41, 5.74) is 8.48. The predicted octanol–water partition coefficient (Wildman–Crippen LogP) is 1.53. The van der Waals surface area contributed by atoms with Crippen molar-refractivity contribution in [3.05, 3.63) is 41.7 Å². The number of aryl methyl sites for hydroxylation is 2. The van der Waals surface area contributed by atoms with E-state index in [4.69, 9.17) is 5.73 Å². The van der Waals surface area contributed by atoms with E-state index in [1.165, 1.54) is 0 Å². The second-order valence-electron chi connectivity index (χ2n) is 4.11. The molecule has 0 aliphatic heterocycles. The maximum Gasteiger partial charge on any atom is 0.193 e. The van der Waals surface area contributed by atoms with Crippen LogP contribution >= 0.6 is 0 Å². The fraction of sp³-hybridized carbons (Fsp3) is 0.308. The van der Waals surface area contributed by atoms with Crippen LogP contribution in [0.25, 0.3) is 0 Å². The number of aromatic nitrogens is 3. The van der Waals surface area contributed by atoms with Crippen LogP contribution in [0.1, 0.15) is 18.3 Å². The van der Waals surface area contributed by atoms with Crippen molar-refractivity contribution in [2.24, 2.45) is 10.7 Å². The molecule has 0 radical (unpaired) electrons.